The van der Waals surface area contributed by atoms with Crippen molar-refractivity contribution >= 4 is 21.4 Å². The van der Waals surface area contributed by atoms with Crippen molar-refractivity contribution in [3.63, 3.8) is 0 Å². The van der Waals surface area contributed by atoms with Crippen LogP contribution in [-0.4, -0.2) is 32.5 Å². The van der Waals surface area contributed by atoms with Gasteiger partial charge < -0.3 is 5.32 Å². The van der Waals surface area contributed by atoms with Gasteiger partial charge in [0.05, 0.1) is 4.92 Å². The molecule has 3 aromatic rings. The molecule has 228 valence electrons. The molecule has 0 aliphatic heterocycles. The second kappa shape index (κ2) is 13.9. The van der Waals surface area contributed by atoms with Crippen molar-refractivity contribution in [2.45, 2.75) is 75.1 Å². The maximum atomic E-state index is 12.8. The van der Waals surface area contributed by atoms with Gasteiger partial charge in [0.2, 0.25) is 10.0 Å². The van der Waals surface area contributed by atoms with E-state index in [4.69, 9.17) is 0 Å². The molecule has 2 atom stereocenters. The maximum Gasteiger partial charge on any atom is 0.269 e. The summed E-state index contributed by atoms with van der Waals surface area (Å²) in [6.07, 6.45) is 7.87. The topological polar surface area (TPSA) is 131 Å². The number of aryl methyl sites for hydroxylation is 2. The molecule has 0 heterocycles. The molecule has 3 aromatic carbocycles. The van der Waals surface area contributed by atoms with Crippen LogP contribution in [0.3, 0.4) is 0 Å². The summed E-state index contributed by atoms with van der Waals surface area (Å²) in [5.41, 5.74) is 5.28. The molecule has 1 fully saturated rings. The van der Waals surface area contributed by atoms with Crippen LogP contribution in [-0.2, 0) is 29.3 Å². The fourth-order valence-electron chi connectivity index (χ4n) is 6.71. The van der Waals surface area contributed by atoms with E-state index in [9.17, 15) is 23.4 Å². The van der Waals surface area contributed by atoms with Crippen molar-refractivity contribution in [1.29, 1.82) is 0 Å². The molecule has 0 saturated heterocycles. The Morgan fingerprint density at radius 2 is 1.58 bits per heavy atom. The highest BCUT2D eigenvalue weighted by atomic mass is 32.2. The number of non-ortho nitro benzene ring substituents is 1. The summed E-state index contributed by atoms with van der Waals surface area (Å²) < 4.78 is 28.3. The lowest BCUT2D eigenvalue weighted by molar-refractivity contribution is -0.384. The third-order valence-electron chi connectivity index (χ3n) is 9.28. The lowest BCUT2D eigenvalue weighted by Gasteiger charge is -2.37. The molecule has 9 nitrogen and oxygen atoms in total. The fourth-order valence-corrected chi connectivity index (χ4v) is 7.96. The van der Waals surface area contributed by atoms with Gasteiger partial charge in [-0.1, -0.05) is 49.4 Å². The summed E-state index contributed by atoms with van der Waals surface area (Å²) in [5.74, 6) is 1.06. The Labute approximate surface area is 253 Å². The molecular formula is C33H40N4O5S. The highest BCUT2D eigenvalue weighted by Crippen LogP contribution is 2.36. The zero-order chi connectivity index (χ0) is 30.4. The maximum absolute atomic E-state index is 12.8. The van der Waals surface area contributed by atoms with Crippen molar-refractivity contribution in [2.75, 3.05) is 13.1 Å². The Balaban J connectivity index is 1.18. The van der Waals surface area contributed by atoms with Crippen LogP contribution in [0.4, 0.5) is 11.4 Å². The minimum absolute atomic E-state index is 0.0761. The van der Waals surface area contributed by atoms with E-state index in [0.717, 1.165) is 63.5 Å². The van der Waals surface area contributed by atoms with Gasteiger partial charge in [0, 0.05) is 30.6 Å². The first-order chi connectivity index (χ1) is 20.8. The molecule has 5 rings (SSSR count). The Hall–Kier alpha value is -3.47. The van der Waals surface area contributed by atoms with Gasteiger partial charge in [-0.15, -0.1) is 4.91 Å². The molecule has 0 spiro atoms. The first kappa shape index (κ1) is 31.0. The number of benzene rings is 3. The number of nitroso groups, excluding NO2 is 1. The van der Waals surface area contributed by atoms with Crippen molar-refractivity contribution in [2.24, 2.45) is 17.0 Å². The van der Waals surface area contributed by atoms with Gasteiger partial charge in [0.15, 0.2) is 0 Å². The van der Waals surface area contributed by atoms with Gasteiger partial charge >= 0.3 is 0 Å². The summed E-state index contributed by atoms with van der Waals surface area (Å²) in [6.45, 7) is 3.45. The predicted molar refractivity (Wildman–Crippen MR) is 168 cm³/mol. The minimum Gasteiger partial charge on any atom is -0.313 e. The van der Waals surface area contributed by atoms with E-state index < -0.39 is 10.0 Å². The number of hydrogen-bond donors (Lipinski definition) is 2. The minimum atomic E-state index is -3.80. The van der Waals surface area contributed by atoms with Crippen LogP contribution < -0.4 is 10.0 Å². The lowest BCUT2D eigenvalue weighted by Crippen LogP contribution is -2.42. The van der Waals surface area contributed by atoms with Crippen LogP contribution in [0.5, 0.6) is 0 Å². The molecule has 2 N–H and O–H groups in total. The first-order valence-corrected chi connectivity index (χ1v) is 16.8. The highest BCUT2D eigenvalue weighted by Gasteiger charge is 2.31. The molecule has 0 bridgehead atoms. The average molecular weight is 605 g/mol. The van der Waals surface area contributed by atoms with Crippen LogP contribution in [0.2, 0.25) is 0 Å². The standard InChI is InChI=1S/C33H40N4O5S/c1-2-23-13-17-29-27(19-23)14-18-31(30(29)20-24-11-15-28(16-12-24)37(39)40)34-21-25-7-9-26(10-8-25)22-35-43(41,42)33-6-4-3-5-32(33)36-38/h3-6,11-13,15-17,19,25-26,30-31,34-35H,2,7-10,14,18,20-22H2,1H3. The Kier molecular flexibility index (Phi) is 10.00. The van der Waals surface area contributed by atoms with Gasteiger partial charge in [0.1, 0.15) is 10.6 Å². The molecule has 43 heavy (non-hydrogen) atoms. The molecule has 0 radical (unpaired) electrons. The van der Waals surface area contributed by atoms with Crippen molar-refractivity contribution in [3.05, 3.63) is 104 Å². The number of rotatable bonds is 12. The fraction of sp³-hybridized carbons (Fsp3) is 0.455. The predicted octanol–water partition coefficient (Wildman–Crippen LogP) is 6.57. The second-order valence-corrected chi connectivity index (χ2v) is 13.7. The van der Waals surface area contributed by atoms with Crippen LogP contribution >= 0.6 is 0 Å². The summed E-state index contributed by atoms with van der Waals surface area (Å²) >= 11 is 0. The summed E-state index contributed by atoms with van der Waals surface area (Å²) in [5, 5.41) is 17.9. The van der Waals surface area contributed by atoms with Gasteiger partial charge in [-0.3, -0.25) is 10.1 Å². The smallest absolute Gasteiger partial charge is 0.269 e. The average Bonchev–Trinajstić information content (AvgIpc) is 3.03. The van der Waals surface area contributed by atoms with E-state index in [-0.39, 0.29) is 33.0 Å². The van der Waals surface area contributed by atoms with E-state index in [1.165, 1.54) is 28.8 Å². The van der Waals surface area contributed by atoms with E-state index in [1.54, 1.807) is 24.3 Å². The van der Waals surface area contributed by atoms with E-state index in [0.29, 0.717) is 18.5 Å². The van der Waals surface area contributed by atoms with Crippen LogP contribution in [0.15, 0.2) is 76.8 Å². The monoisotopic (exact) mass is 604 g/mol. The van der Waals surface area contributed by atoms with Crippen molar-refractivity contribution in [1.82, 2.24) is 10.0 Å². The molecule has 10 heteroatoms. The third-order valence-corrected chi connectivity index (χ3v) is 10.7. The molecule has 0 amide bonds. The van der Waals surface area contributed by atoms with Crippen LogP contribution in [0, 0.1) is 26.9 Å². The number of fused-ring (bicyclic) bond motifs is 1. The molecule has 1 saturated carbocycles. The SMILES string of the molecule is CCc1ccc2c(c1)CCC(NCC1CCC(CNS(=O)(=O)c3ccccc3N=O)CC1)C2Cc1ccc([N+](=O)[O-])cc1. The van der Waals surface area contributed by atoms with Crippen molar-refractivity contribution < 1.29 is 13.3 Å². The molecule has 2 aliphatic rings. The number of nitrogens with one attached hydrogen (secondary N) is 2. The molecular weight excluding hydrogens is 564 g/mol. The highest BCUT2D eigenvalue weighted by molar-refractivity contribution is 7.89. The lowest BCUT2D eigenvalue weighted by atomic mass is 9.75. The van der Waals surface area contributed by atoms with E-state index in [2.05, 4.69) is 40.3 Å². The number of nitrogens with zero attached hydrogens (tertiary/aromatic N) is 2. The summed E-state index contributed by atoms with van der Waals surface area (Å²) in [7, 11) is -3.80. The number of nitro groups is 1. The Morgan fingerprint density at radius 1 is 0.907 bits per heavy atom. The van der Waals surface area contributed by atoms with Gasteiger partial charge in [0.25, 0.3) is 5.69 Å². The Morgan fingerprint density at radius 3 is 2.26 bits per heavy atom. The van der Waals surface area contributed by atoms with Crippen LogP contribution in [0.1, 0.15) is 67.2 Å². The molecule has 0 aromatic heterocycles. The molecule has 2 aliphatic carbocycles. The number of hydrogen-bond acceptors (Lipinski definition) is 7. The zero-order valence-corrected chi connectivity index (χ0v) is 25.4. The Bertz CT molecular complexity index is 1540. The molecule has 2 unspecified atom stereocenters. The van der Waals surface area contributed by atoms with Crippen LogP contribution in [0.25, 0.3) is 0 Å². The van der Waals surface area contributed by atoms with Gasteiger partial charge in [-0.25, -0.2) is 13.1 Å². The quantitative estimate of drug-likeness (QED) is 0.137. The normalized spacial score (nSPS) is 22.1. The van der Waals surface area contributed by atoms with E-state index >= 15 is 0 Å². The largest absolute Gasteiger partial charge is 0.313 e. The number of sulfonamides is 1. The number of nitro benzene ring substituents is 1. The van der Waals surface area contributed by atoms with E-state index in [1.807, 2.05) is 12.1 Å². The summed E-state index contributed by atoms with van der Waals surface area (Å²) in [6, 6.07) is 20.1. The van der Waals surface area contributed by atoms with Crippen molar-refractivity contribution in [3.8, 4) is 0 Å². The third kappa shape index (κ3) is 7.55. The zero-order valence-electron chi connectivity index (χ0n) is 24.6. The van der Waals surface area contributed by atoms with Gasteiger partial charge in [-0.05, 0) is 109 Å². The summed E-state index contributed by atoms with van der Waals surface area (Å²) in [4.78, 5) is 21.8. The van der Waals surface area contributed by atoms with Gasteiger partial charge in [-0.2, -0.15) is 0 Å². The first-order valence-electron chi connectivity index (χ1n) is 15.3. The second-order valence-electron chi connectivity index (χ2n) is 12.0.